The third-order valence-corrected chi connectivity index (χ3v) is 12.1. The number of aldehydes is 1. The van der Waals surface area contributed by atoms with Crippen molar-refractivity contribution in [2.24, 2.45) is 17.8 Å². The van der Waals surface area contributed by atoms with Gasteiger partial charge in [-0.25, -0.2) is 9.97 Å². The molecule has 2 aliphatic rings. The van der Waals surface area contributed by atoms with Crippen LogP contribution in [0.2, 0.25) is 0 Å². The number of carbonyl (C=O) groups is 3. The zero-order valence-electron chi connectivity index (χ0n) is 36.4. The number of aliphatic carboxylic acids is 2. The fourth-order valence-electron chi connectivity index (χ4n) is 8.53. The minimum Gasteiger partial charge on any atom is -0.657 e. The molecule has 3 aromatic heterocycles. The van der Waals surface area contributed by atoms with E-state index in [1.54, 1.807) is 18.2 Å². The average Bonchev–Trinajstić information content (AvgIpc) is 3.85. The fourth-order valence-corrected chi connectivity index (χ4v) is 8.53. The van der Waals surface area contributed by atoms with E-state index in [0.29, 0.717) is 74.6 Å². The molecule has 0 radical (unpaired) electrons. The van der Waals surface area contributed by atoms with Gasteiger partial charge in [0.15, 0.2) is 0 Å². The predicted octanol–water partition coefficient (Wildman–Crippen LogP) is 10.9. The normalized spacial score (nSPS) is 14.3. The van der Waals surface area contributed by atoms with Crippen LogP contribution < -0.4 is 9.97 Å². The average molecular weight is 859 g/mol. The molecule has 5 heterocycles. The van der Waals surface area contributed by atoms with E-state index >= 15 is 0 Å². The zero-order valence-corrected chi connectivity index (χ0v) is 37.5. The van der Waals surface area contributed by atoms with Gasteiger partial charge in [-0.05, 0) is 80.1 Å². The summed E-state index contributed by atoms with van der Waals surface area (Å²) in [6.07, 6.45) is 11.6. The number of allylic oxidation sites excluding steroid dienone is 3. The quantitative estimate of drug-likeness (QED) is 0.0693. The van der Waals surface area contributed by atoms with Crippen molar-refractivity contribution < 1.29 is 46.8 Å². The number of hydrogen-bond acceptors (Lipinski definition) is 6. The summed E-state index contributed by atoms with van der Waals surface area (Å²) < 4.78 is 0. The second kappa shape index (κ2) is 21.8. The number of carboxylic acid groups (broad SMARTS) is 2. The Labute approximate surface area is 365 Å². The van der Waals surface area contributed by atoms with E-state index in [2.05, 4.69) is 34.3 Å². The number of aliphatic hydroxyl groups excluding tert-OH is 1. The maximum Gasteiger partial charge on any atom is 2.00 e. The van der Waals surface area contributed by atoms with Gasteiger partial charge in [-0.2, -0.15) is 0 Å². The van der Waals surface area contributed by atoms with Crippen LogP contribution in [-0.2, 0) is 33.1 Å². The largest absolute Gasteiger partial charge is 2.00 e. The standard InChI is InChI=1S/C49H64N4O6.Fe/c1-9-34-31(6)39-25-45-49(46(55)18-12-17-30(5)16-11-15-29(4)14-10-13-28(2)3)33(8)40(52-45)24-44-37(27-54)36(20-22-48(58)59)43(53-44)26-42-35(19-21-47(56)57)32(7)38(51-42)23-41(34)50-39;/h9,23-30,46,55H,1,10-22H2,2-8H3,(H4,50,51,52,53,54,56,57,58,59);/q;+2/p-2/t29?,30?,46-;/m0./s1. The summed E-state index contributed by atoms with van der Waals surface area (Å²) in [6, 6.07) is 7.20. The van der Waals surface area contributed by atoms with Gasteiger partial charge in [0.2, 0.25) is 0 Å². The third-order valence-electron chi connectivity index (χ3n) is 12.1. The van der Waals surface area contributed by atoms with Crippen molar-refractivity contribution in [2.75, 3.05) is 0 Å². The summed E-state index contributed by atoms with van der Waals surface area (Å²) in [5.41, 5.74) is 9.64. The first-order valence-electron chi connectivity index (χ1n) is 21.4. The maximum atomic E-state index is 12.8. The number of rotatable bonds is 21. The van der Waals surface area contributed by atoms with Gasteiger partial charge >= 0.3 is 29.0 Å². The molecule has 2 unspecified atom stereocenters. The first-order chi connectivity index (χ1) is 28.1. The first-order valence-corrected chi connectivity index (χ1v) is 21.4. The van der Waals surface area contributed by atoms with Crippen molar-refractivity contribution in [2.45, 2.75) is 138 Å². The molecule has 3 aromatic rings. The van der Waals surface area contributed by atoms with Gasteiger partial charge in [0.05, 0.1) is 28.9 Å². The molecule has 0 spiro atoms. The van der Waals surface area contributed by atoms with Crippen LogP contribution in [0.5, 0.6) is 0 Å². The van der Waals surface area contributed by atoms with Gasteiger partial charge in [0, 0.05) is 24.0 Å². The number of nitrogens with zero attached hydrogens (tertiary/aromatic N) is 4. The molecule has 5 rings (SSSR count). The van der Waals surface area contributed by atoms with Crippen LogP contribution >= 0.6 is 0 Å². The van der Waals surface area contributed by atoms with Crippen LogP contribution in [0.15, 0.2) is 30.8 Å². The molecule has 0 amide bonds. The molecular weight excluding hydrogens is 796 g/mol. The molecule has 322 valence electrons. The van der Waals surface area contributed by atoms with Crippen LogP contribution in [-0.4, -0.2) is 49.6 Å². The summed E-state index contributed by atoms with van der Waals surface area (Å²) >= 11 is 0. The van der Waals surface area contributed by atoms with E-state index in [-0.39, 0.29) is 48.3 Å². The third kappa shape index (κ3) is 11.8. The number of hydrogen-bond donors (Lipinski definition) is 3. The van der Waals surface area contributed by atoms with E-state index in [9.17, 15) is 29.7 Å². The summed E-state index contributed by atoms with van der Waals surface area (Å²) in [5, 5.41) is 31.1. The predicted molar refractivity (Wildman–Crippen MR) is 238 cm³/mol. The Morgan fingerprint density at radius 1 is 0.683 bits per heavy atom. The Bertz CT molecular complexity index is 2300. The van der Waals surface area contributed by atoms with Crippen LogP contribution in [0.4, 0.5) is 0 Å². The second-order valence-electron chi connectivity index (χ2n) is 17.2. The van der Waals surface area contributed by atoms with Gasteiger partial charge in [-0.15, -0.1) is 22.1 Å². The Morgan fingerprint density at radius 2 is 1.18 bits per heavy atom. The molecule has 0 aromatic carbocycles. The van der Waals surface area contributed by atoms with Crippen molar-refractivity contribution in [3.05, 3.63) is 75.9 Å². The number of carbonyl (C=O) groups excluding carboxylic acids is 1. The number of fused-ring (bicyclic) bond motifs is 8. The number of carboxylic acids is 2. The zero-order chi connectivity index (χ0) is 43.0. The summed E-state index contributed by atoms with van der Waals surface area (Å²) in [4.78, 5) is 56.1. The molecule has 60 heavy (non-hydrogen) atoms. The molecular formula is C49H62FeN4O6. The molecule has 3 N–H and O–H groups in total. The van der Waals surface area contributed by atoms with Gasteiger partial charge in [-0.3, -0.25) is 14.4 Å². The Hall–Kier alpha value is -4.57. The molecule has 0 aliphatic carbocycles. The number of aromatic nitrogens is 4. The Morgan fingerprint density at radius 3 is 1.77 bits per heavy atom. The van der Waals surface area contributed by atoms with E-state index in [4.69, 9.17) is 19.9 Å². The van der Waals surface area contributed by atoms with Crippen molar-refractivity contribution in [3.63, 3.8) is 0 Å². The van der Waals surface area contributed by atoms with E-state index in [1.807, 2.05) is 32.9 Å². The van der Waals surface area contributed by atoms with Gasteiger partial charge < -0.3 is 25.3 Å². The van der Waals surface area contributed by atoms with Crippen LogP contribution in [0.3, 0.4) is 0 Å². The van der Waals surface area contributed by atoms with E-state index < -0.39 is 18.0 Å². The monoisotopic (exact) mass is 858 g/mol. The fraction of sp³-hybridized carbons (Fsp3) is 0.490. The molecule has 0 saturated carbocycles. The smallest absolute Gasteiger partial charge is 0.657 e. The van der Waals surface area contributed by atoms with Gasteiger partial charge in [0.1, 0.15) is 6.29 Å². The number of aryl methyl sites for hydroxylation is 2. The molecule has 2 aliphatic heterocycles. The molecule has 3 atom stereocenters. The SMILES string of the molecule is C=Cc1c(C)c2cc3nc(cc4[n-]c(cc5nc(cc1[n-]2)C(C)=C5CCC(=O)O)c(CCC(=O)O)c4C=O)C(C)=C3[C@@H](O)CCCC(C)CCCC(C)CCCC(C)C.[Fe+2]. The van der Waals surface area contributed by atoms with E-state index in [0.717, 1.165) is 52.5 Å². The summed E-state index contributed by atoms with van der Waals surface area (Å²) in [7, 11) is 0. The second-order valence-corrected chi connectivity index (χ2v) is 17.2. The van der Waals surface area contributed by atoms with Gasteiger partial charge in [0.25, 0.3) is 0 Å². The van der Waals surface area contributed by atoms with Gasteiger partial charge in [-0.1, -0.05) is 127 Å². The topological polar surface area (TPSA) is 166 Å². The minimum absolute atomic E-state index is 0. The molecule has 0 fully saturated rings. The minimum atomic E-state index is -1.02. The van der Waals surface area contributed by atoms with Crippen LogP contribution in [0.1, 0.15) is 168 Å². The molecule has 10 nitrogen and oxygen atoms in total. The Kier molecular flexibility index (Phi) is 17.5. The maximum absolute atomic E-state index is 12.8. The summed E-state index contributed by atoms with van der Waals surface area (Å²) in [5.74, 6) is 0.103. The van der Waals surface area contributed by atoms with Crippen molar-refractivity contribution in [1.29, 1.82) is 0 Å². The van der Waals surface area contributed by atoms with Crippen LogP contribution in [0.25, 0.3) is 50.4 Å². The Balaban J connectivity index is 0.00000794. The van der Waals surface area contributed by atoms with Crippen molar-refractivity contribution >= 4 is 68.7 Å². The van der Waals surface area contributed by atoms with Crippen molar-refractivity contribution in [3.8, 4) is 0 Å². The molecule has 8 bridgehead atoms. The van der Waals surface area contributed by atoms with E-state index in [1.165, 1.54) is 38.5 Å². The van der Waals surface area contributed by atoms with Crippen molar-refractivity contribution in [1.82, 2.24) is 19.9 Å². The molecule has 11 heteroatoms. The summed E-state index contributed by atoms with van der Waals surface area (Å²) in [6.45, 7) is 19.1. The molecule has 0 saturated heterocycles. The first kappa shape index (κ1) is 48.1. The number of aliphatic hydroxyl groups is 1. The van der Waals surface area contributed by atoms with Crippen LogP contribution in [0, 0.1) is 24.7 Å².